The third-order valence-corrected chi connectivity index (χ3v) is 4.46. The van der Waals surface area contributed by atoms with Gasteiger partial charge in [0, 0.05) is 0 Å². The van der Waals surface area contributed by atoms with Gasteiger partial charge in [-0.15, -0.1) is 23.1 Å². The average molecular weight is 311 g/mol. The van der Waals surface area contributed by atoms with Gasteiger partial charge in [-0.2, -0.15) is 0 Å². The molecule has 1 heterocycles. The first-order valence-corrected chi connectivity index (χ1v) is 7.42. The van der Waals surface area contributed by atoms with Gasteiger partial charge in [-0.1, -0.05) is 6.07 Å². The Hall–Kier alpha value is -1.86. The highest BCUT2D eigenvalue weighted by molar-refractivity contribution is 8.01. The zero-order valence-electron chi connectivity index (χ0n) is 10.1. The van der Waals surface area contributed by atoms with Crippen LogP contribution in [-0.2, 0) is 4.79 Å². The third kappa shape index (κ3) is 3.82. The summed E-state index contributed by atoms with van der Waals surface area (Å²) in [4.78, 5) is 22.3. The molecule has 0 bridgehead atoms. The fourth-order valence-corrected chi connectivity index (χ4v) is 3.00. The second kappa shape index (κ2) is 6.53. The summed E-state index contributed by atoms with van der Waals surface area (Å²) in [6, 6.07) is 7.14. The molecule has 0 atom stereocenters. The van der Waals surface area contributed by atoms with Crippen LogP contribution in [0.15, 0.2) is 39.9 Å². The van der Waals surface area contributed by atoms with E-state index in [0.717, 1.165) is 10.3 Å². The van der Waals surface area contributed by atoms with Gasteiger partial charge in [0.25, 0.3) is 0 Å². The number of thioether (sulfide) groups is 1. The Balaban J connectivity index is 1.95. The Morgan fingerprint density at radius 3 is 2.75 bits per heavy atom. The van der Waals surface area contributed by atoms with Crippen molar-refractivity contribution in [2.75, 3.05) is 11.1 Å². The topological polar surface area (TPSA) is 66.4 Å². The summed E-state index contributed by atoms with van der Waals surface area (Å²) in [6.07, 6.45) is 0. The molecule has 0 fully saturated rings. The molecular weight excluding hydrogens is 301 g/mol. The van der Waals surface area contributed by atoms with Crippen LogP contribution in [0, 0.1) is 5.82 Å². The molecule has 104 valence electrons. The lowest BCUT2D eigenvalue weighted by Gasteiger charge is -2.06. The zero-order valence-corrected chi connectivity index (χ0v) is 11.8. The molecule has 1 aromatic carbocycles. The first-order valence-electron chi connectivity index (χ1n) is 5.55. The Morgan fingerprint density at radius 1 is 1.35 bits per heavy atom. The van der Waals surface area contributed by atoms with Crippen molar-refractivity contribution in [3.05, 3.63) is 47.1 Å². The normalized spacial score (nSPS) is 10.2. The Labute approximate surface area is 122 Å². The van der Waals surface area contributed by atoms with Crippen LogP contribution in [0.3, 0.4) is 0 Å². The standard InChI is InChI=1S/C13H10FNO3S2/c14-9-6-8(13(17)18)3-4-10(9)15-11(16)7-20-12-2-1-5-19-12/h1-6H,7H2,(H,15,16)(H,17,18). The number of hydrogen-bond acceptors (Lipinski definition) is 4. The van der Waals surface area contributed by atoms with Gasteiger partial charge in [0.2, 0.25) is 5.91 Å². The number of amides is 1. The van der Waals surface area contributed by atoms with Crippen LogP contribution in [-0.4, -0.2) is 22.7 Å². The summed E-state index contributed by atoms with van der Waals surface area (Å²) in [5.41, 5.74) is -0.180. The average Bonchev–Trinajstić information content (AvgIpc) is 2.91. The highest BCUT2D eigenvalue weighted by atomic mass is 32.2. The molecule has 0 aliphatic heterocycles. The number of carbonyl (C=O) groups is 2. The van der Waals surface area contributed by atoms with Crippen molar-refractivity contribution in [2.24, 2.45) is 0 Å². The molecule has 4 nitrogen and oxygen atoms in total. The lowest BCUT2D eigenvalue weighted by molar-refractivity contribution is -0.113. The van der Waals surface area contributed by atoms with Gasteiger partial charge in [-0.25, -0.2) is 9.18 Å². The van der Waals surface area contributed by atoms with Gasteiger partial charge < -0.3 is 10.4 Å². The van der Waals surface area contributed by atoms with E-state index in [4.69, 9.17) is 5.11 Å². The van der Waals surface area contributed by atoms with Crippen LogP contribution in [0.2, 0.25) is 0 Å². The largest absolute Gasteiger partial charge is 0.478 e. The number of carboxylic acid groups (broad SMARTS) is 1. The van der Waals surface area contributed by atoms with E-state index >= 15 is 0 Å². The van der Waals surface area contributed by atoms with E-state index in [0.29, 0.717) is 0 Å². The molecular formula is C13H10FNO3S2. The summed E-state index contributed by atoms with van der Waals surface area (Å²) in [7, 11) is 0. The van der Waals surface area contributed by atoms with Crippen molar-refractivity contribution in [3.63, 3.8) is 0 Å². The van der Waals surface area contributed by atoms with Gasteiger partial charge in [0.1, 0.15) is 5.82 Å². The van der Waals surface area contributed by atoms with E-state index in [1.54, 1.807) is 0 Å². The quantitative estimate of drug-likeness (QED) is 0.831. The van der Waals surface area contributed by atoms with E-state index in [-0.39, 0.29) is 22.9 Å². The van der Waals surface area contributed by atoms with Crippen molar-refractivity contribution in [1.82, 2.24) is 0 Å². The molecule has 1 aromatic heterocycles. The molecule has 2 N–H and O–H groups in total. The van der Waals surface area contributed by atoms with Gasteiger partial charge in [-0.3, -0.25) is 4.79 Å². The molecule has 1 amide bonds. The summed E-state index contributed by atoms with van der Waals surface area (Å²) in [5.74, 6) is -2.15. The molecule has 7 heteroatoms. The first kappa shape index (κ1) is 14.5. The number of carboxylic acids is 1. The Morgan fingerprint density at radius 2 is 2.15 bits per heavy atom. The lowest BCUT2D eigenvalue weighted by atomic mass is 10.2. The van der Waals surface area contributed by atoms with Gasteiger partial charge in [-0.05, 0) is 29.6 Å². The lowest BCUT2D eigenvalue weighted by Crippen LogP contribution is -2.15. The second-order valence-corrected chi connectivity index (χ2v) is 5.99. The summed E-state index contributed by atoms with van der Waals surface area (Å²) in [6.45, 7) is 0. The van der Waals surface area contributed by atoms with Crippen LogP contribution in [0.25, 0.3) is 0 Å². The van der Waals surface area contributed by atoms with Gasteiger partial charge in [0.05, 0.1) is 21.2 Å². The summed E-state index contributed by atoms with van der Waals surface area (Å²) >= 11 is 2.88. The smallest absolute Gasteiger partial charge is 0.335 e. The number of nitrogens with one attached hydrogen (secondary N) is 1. The number of rotatable bonds is 5. The fraction of sp³-hybridized carbons (Fsp3) is 0.0769. The van der Waals surface area contributed by atoms with Crippen molar-refractivity contribution in [2.45, 2.75) is 4.21 Å². The van der Waals surface area contributed by atoms with Crippen molar-refractivity contribution in [1.29, 1.82) is 0 Å². The number of aromatic carboxylic acids is 1. The number of halogens is 1. The molecule has 0 aliphatic rings. The highest BCUT2D eigenvalue weighted by Crippen LogP contribution is 2.23. The van der Waals surface area contributed by atoms with E-state index in [1.807, 2.05) is 17.5 Å². The predicted molar refractivity (Wildman–Crippen MR) is 77.0 cm³/mol. The predicted octanol–water partition coefficient (Wildman–Crippen LogP) is 3.32. The fourth-order valence-electron chi connectivity index (χ4n) is 1.42. The zero-order chi connectivity index (χ0) is 14.5. The van der Waals surface area contributed by atoms with Crippen LogP contribution >= 0.6 is 23.1 Å². The number of hydrogen-bond donors (Lipinski definition) is 2. The first-order chi connectivity index (χ1) is 9.56. The second-order valence-electron chi connectivity index (χ2n) is 3.77. The van der Waals surface area contributed by atoms with E-state index < -0.39 is 11.8 Å². The van der Waals surface area contributed by atoms with Crippen molar-refractivity contribution < 1.29 is 19.1 Å². The molecule has 0 unspecified atom stereocenters. The molecule has 0 radical (unpaired) electrons. The molecule has 0 aliphatic carbocycles. The van der Waals surface area contributed by atoms with Gasteiger partial charge in [0.15, 0.2) is 0 Å². The molecule has 2 aromatic rings. The molecule has 2 rings (SSSR count). The van der Waals surface area contributed by atoms with Crippen LogP contribution in [0.1, 0.15) is 10.4 Å². The minimum absolute atomic E-state index is 0.0215. The molecule has 0 spiro atoms. The van der Waals surface area contributed by atoms with Crippen LogP contribution in [0.4, 0.5) is 10.1 Å². The number of carbonyl (C=O) groups excluding carboxylic acids is 1. The SMILES string of the molecule is O=C(CSc1cccs1)Nc1ccc(C(=O)O)cc1F. The number of thiophene rings is 1. The number of benzene rings is 1. The van der Waals surface area contributed by atoms with E-state index in [1.165, 1.54) is 35.2 Å². The molecule has 0 saturated heterocycles. The van der Waals surface area contributed by atoms with Crippen molar-refractivity contribution in [3.8, 4) is 0 Å². The summed E-state index contributed by atoms with van der Waals surface area (Å²) in [5, 5.41) is 13.0. The third-order valence-electron chi connectivity index (χ3n) is 2.33. The maximum atomic E-state index is 13.6. The minimum Gasteiger partial charge on any atom is -0.478 e. The molecule has 20 heavy (non-hydrogen) atoms. The van der Waals surface area contributed by atoms with E-state index in [2.05, 4.69) is 5.32 Å². The highest BCUT2D eigenvalue weighted by Gasteiger charge is 2.11. The van der Waals surface area contributed by atoms with Crippen molar-refractivity contribution >= 4 is 40.7 Å². The summed E-state index contributed by atoms with van der Waals surface area (Å²) < 4.78 is 14.6. The maximum absolute atomic E-state index is 13.6. The van der Waals surface area contributed by atoms with E-state index in [9.17, 15) is 14.0 Å². The monoisotopic (exact) mass is 311 g/mol. The number of anilines is 1. The molecule has 0 saturated carbocycles. The maximum Gasteiger partial charge on any atom is 0.335 e. The Kier molecular flexibility index (Phi) is 4.75. The van der Waals surface area contributed by atoms with Crippen LogP contribution < -0.4 is 5.32 Å². The van der Waals surface area contributed by atoms with Gasteiger partial charge >= 0.3 is 5.97 Å². The Bertz CT molecular complexity index is 629. The minimum atomic E-state index is -1.21. The van der Waals surface area contributed by atoms with Crippen LogP contribution in [0.5, 0.6) is 0 Å².